The van der Waals surface area contributed by atoms with E-state index in [1.165, 1.54) is 0 Å². The van der Waals surface area contributed by atoms with Crippen molar-refractivity contribution >= 4 is 37.6 Å². The van der Waals surface area contributed by atoms with Gasteiger partial charge in [-0.05, 0) is 28.9 Å². The molecule has 0 N–H and O–H groups in total. The zero-order chi connectivity index (χ0) is 13.3. The highest BCUT2D eigenvalue weighted by Gasteiger charge is 2.16. The summed E-state index contributed by atoms with van der Waals surface area (Å²) in [5, 5.41) is 4.29. The van der Waals surface area contributed by atoms with E-state index in [2.05, 4.69) is 37.0 Å². The van der Waals surface area contributed by atoms with Crippen molar-refractivity contribution in [3.8, 4) is 0 Å². The van der Waals surface area contributed by atoms with Gasteiger partial charge >= 0.3 is 0 Å². The highest BCUT2D eigenvalue weighted by Crippen LogP contribution is 2.23. The lowest BCUT2D eigenvalue weighted by atomic mass is 10.1. The average molecular weight is 372 g/mol. The smallest absolute Gasteiger partial charge is 0.169 e. The Kier molecular flexibility index (Phi) is 4.02. The maximum Gasteiger partial charge on any atom is 0.169 e. The molecule has 3 nitrogen and oxygen atoms in total. The molecule has 0 bridgehead atoms. The number of halogens is 2. The second-order valence-corrected chi connectivity index (χ2v) is 5.70. The number of carbonyl (C=O) groups is 1. The molecular weight excluding hydrogens is 360 g/mol. The molecule has 0 saturated carbocycles. The van der Waals surface area contributed by atoms with E-state index in [0.717, 1.165) is 20.3 Å². The van der Waals surface area contributed by atoms with E-state index in [4.69, 9.17) is 0 Å². The van der Waals surface area contributed by atoms with Crippen LogP contribution in [0.25, 0.3) is 0 Å². The minimum atomic E-state index is 0.0752. The third-order valence-corrected chi connectivity index (χ3v) is 4.49. The lowest BCUT2D eigenvalue weighted by Gasteiger charge is -2.04. The Morgan fingerprint density at radius 1 is 1.33 bits per heavy atom. The van der Waals surface area contributed by atoms with Gasteiger partial charge in [-0.2, -0.15) is 5.10 Å². The van der Waals surface area contributed by atoms with Crippen LogP contribution in [0.2, 0.25) is 0 Å². The molecule has 18 heavy (non-hydrogen) atoms. The van der Waals surface area contributed by atoms with Gasteiger partial charge in [-0.25, -0.2) is 0 Å². The Labute approximate surface area is 122 Å². The molecule has 0 amide bonds. The van der Waals surface area contributed by atoms with Crippen molar-refractivity contribution in [3.05, 3.63) is 50.2 Å². The highest BCUT2D eigenvalue weighted by molar-refractivity contribution is 9.10. The lowest BCUT2D eigenvalue weighted by molar-refractivity contribution is 0.0990. The molecular formula is C13H12Br2N2O. The second-order valence-electron chi connectivity index (χ2n) is 4.05. The van der Waals surface area contributed by atoms with Crippen molar-refractivity contribution in [1.82, 2.24) is 9.78 Å². The highest BCUT2D eigenvalue weighted by atomic mass is 79.9. The summed E-state index contributed by atoms with van der Waals surface area (Å²) < 4.78 is 3.48. The molecule has 0 aliphatic carbocycles. The minimum absolute atomic E-state index is 0.0752. The predicted molar refractivity (Wildman–Crippen MR) is 77.8 cm³/mol. The van der Waals surface area contributed by atoms with Crippen molar-refractivity contribution in [3.63, 3.8) is 0 Å². The van der Waals surface area contributed by atoms with E-state index in [1.54, 1.807) is 4.68 Å². The molecule has 0 unspecified atom stereocenters. The van der Waals surface area contributed by atoms with Gasteiger partial charge in [0.05, 0.1) is 22.3 Å². The molecule has 0 aliphatic rings. The lowest BCUT2D eigenvalue weighted by Crippen LogP contribution is -2.09. The zero-order valence-corrected chi connectivity index (χ0v) is 13.2. The Balaban J connectivity index is 2.30. The SMILES string of the molecule is Cc1nn(C)c(CC(=O)c2ccccc2Br)c1Br. The van der Waals surface area contributed by atoms with Crippen LogP contribution in [-0.4, -0.2) is 15.6 Å². The number of carbonyl (C=O) groups excluding carboxylic acids is 1. The number of nitrogens with zero attached hydrogens (tertiary/aromatic N) is 2. The van der Waals surface area contributed by atoms with E-state index in [9.17, 15) is 4.79 Å². The van der Waals surface area contributed by atoms with Crippen LogP contribution in [0.1, 0.15) is 21.7 Å². The van der Waals surface area contributed by atoms with Crippen LogP contribution in [0, 0.1) is 6.92 Å². The number of aryl methyl sites for hydroxylation is 2. The summed E-state index contributed by atoms with van der Waals surface area (Å²) in [7, 11) is 1.85. The first-order valence-corrected chi connectivity index (χ1v) is 7.05. The summed E-state index contributed by atoms with van der Waals surface area (Å²) in [6.07, 6.45) is 0.334. The number of benzene rings is 1. The molecule has 1 heterocycles. The third-order valence-electron chi connectivity index (χ3n) is 2.76. The maximum atomic E-state index is 12.3. The average Bonchev–Trinajstić information content (AvgIpc) is 2.56. The van der Waals surface area contributed by atoms with Gasteiger partial charge in [-0.15, -0.1) is 0 Å². The topological polar surface area (TPSA) is 34.9 Å². The van der Waals surface area contributed by atoms with E-state index >= 15 is 0 Å². The van der Waals surface area contributed by atoms with Crippen molar-refractivity contribution in [2.24, 2.45) is 7.05 Å². The molecule has 0 atom stereocenters. The molecule has 0 radical (unpaired) electrons. The summed E-state index contributed by atoms with van der Waals surface area (Å²) in [6.45, 7) is 1.91. The number of Topliss-reactive ketones (excluding diaryl/α,β-unsaturated/α-hetero) is 1. The second kappa shape index (κ2) is 5.36. The van der Waals surface area contributed by atoms with Crippen LogP contribution in [0.15, 0.2) is 33.2 Å². The van der Waals surface area contributed by atoms with Crippen molar-refractivity contribution in [2.75, 3.05) is 0 Å². The first-order chi connectivity index (χ1) is 8.50. The van der Waals surface area contributed by atoms with Gasteiger partial charge in [-0.3, -0.25) is 9.48 Å². The molecule has 0 aliphatic heterocycles. The van der Waals surface area contributed by atoms with Crippen LogP contribution in [0.5, 0.6) is 0 Å². The fourth-order valence-corrected chi connectivity index (χ4v) is 2.79. The third kappa shape index (κ3) is 2.57. The molecule has 1 aromatic carbocycles. The Hall–Kier alpha value is -0.940. The van der Waals surface area contributed by atoms with Crippen molar-refractivity contribution in [1.29, 1.82) is 0 Å². The summed E-state index contributed by atoms with van der Waals surface area (Å²) in [5.41, 5.74) is 2.49. The molecule has 0 saturated heterocycles. The van der Waals surface area contributed by atoms with Gasteiger partial charge in [0, 0.05) is 17.1 Å². The van der Waals surface area contributed by atoms with E-state index in [1.807, 2.05) is 38.2 Å². The van der Waals surface area contributed by atoms with Crippen LogP contribution in [0.4, 0.5) is 0 Å². The van der Waals surface area contributed by atoms with Crippen molar-refractivity contribution in [2.45, 2.75) is 13.3 Å². The van der Waals surface area contributed by atoms with Gasteiger partial charge in [0.1, 0.15) is 0 Å². The zero-order valence-electron chi connectivity index (χ0n) is 10.1. The van der Waals surface area contributed by atoms with Gasteiger partial charge in [0.25, 0.3) is 0 Å². The molecule has 5 heteroatoms. The fraction of sp³-hybridized carbons (Fsp3) is 0.231. The molecule has 0 fully saturated rings. The van der Waals surface area contributed by atoms with Gasteiger partial charge in [-0.1, -0.05) is 34.1 Å². The van der Waals surface area contributed by atoms with Crippen LogP contribution in [-0.2, 0) is 13.5 Å². The first-order valence-electron chi connectivity index (χ1n) is 5.46. The molecule has 0 spiro atoms. The number of rotatable bonds is 3. The number of hydrogen-bond donors (Lipinski definition) is 0. The molecule has 1 aromatic heterocycles. The first kappa shape index (κ1) is 13.5. The van der Waals surface area contributed by atoms with Gasteiger partial charge in [0.2, 0.25) is 0 Å². The Morgan fingerprint density at radius 3 is 2.56 bits per heavy atom. The van der Waals surface area contributed by atoms with Crippen LogP contribution < -0.4 is 0 Å². The monoisotopic (exact) mass is 370 g/mol. The molecule has 2 aromatic rings. The fourth-order valence-electron chi connectivity index (χ4n) is 1.81. The van der Waals surface area contributed by atoms with E-state index in [-0.39, 0.29) is 5.78 Å². The van der Waals surface area contributed by atoms with E-state index < -0.39 is 0 Å². The summed E-state index contributed by atoms with van der Waals surface area (Å²) in [5.74, 6) is 0.0752. The Bertz CT molecular complexity index is 605. The van der Waals surface area contributed by atoms with Crippen LogP contribution >= 0.6 is 31.9 Å². The summed E-state index contributed by atoms with van der Waals surface area (Å²) >= 11 is 6.87. The maximum absolute atomic E-state index is 12.3. The molecule has 2 rings (SSSR count). The van der Waals surface area contributed by atoms with Gasteiger partial charge < -0.3 is 0 Å². The quantitative estimate of drug-likeness (QED) is 0.771. The van der Waals surface area contributed by atoms with Crippen molar-refractivity contribution < 1.29 is 4.79 Å². The van der Waals surface area contributed by atoms with E-state index in [0.29, 0.717) is 12.0 Å². The standard InChI is InChI=1S/C13H12Br2N2O/c1-8-13(15)11(17(2)16-8)7-12(18)9-5-3-4-6-10(9)14/h3-6H,7H2,1-2H3. The van der Waals surface area contributed by atoms with Crippen LogP contribution in [0.3, 0.4) is 0 Å². The predicted octanol–water partition coefficient (Wildman–Crippen LogP) is 3.68. The number of aromatic nitrogens is 2. The molecule has 94 valence electrons. The number of hydrogen-bond acceptors (Lipinski definition) is 2. The largest absolute Gasteiger partial charge is 0.294 e. The van der Waals surface area contributed by atoms with Gasteiger partial charge in [0.15, 0.2) is 5.78 Å². The summed E-state index contributed by atoms with van der Waals surface area (Å²) in [4.78, 5) is 12.3. The number of ketones is 1. The summed E-state index contributed by atoms with van der Waals surface area (Å²) in [6, 6.07) is 7.45. The minimum Gasteiger partial charge on any atom is -0.294 e. The normalized spacial score (nSPS) is 10.7. The Morgan fingerprint density at radius 2 is 2.00 bits per heavy atom.